The van der Waals surface area contributed by atoms with Gasteiger partial charge in [-0.2, -0.15) is 0 Å². The van der Waals surface area contributed by atoms with E-state index in [4.69, 9.17) is 25.8 Å². The zero-order valence-corrected chi connectivity index (χ0v) is 23.5. The minimum absolute atomic E-state index is 0.0511. The lowest BCUT2D eigenvalue weighted by molar-refractivity contribution is -0.123. The van der Waals surface area contributed by atoms with Gasteiger partial charge in [-0.3, -0.25) is 19.3 Å². The highest BCUT2D eigenvalue weighted by atomic mass is 35.5. The molecule has 0 bridgehead atoms. The van der Waals surface area contributed by atoms with E-state index < -0.39 is 0 Å². The first-order chi connectivity index (χ1) is 19.9. The van der Waals surface area contributed by atoms with Crippen molar-refractivity contribution in [2.24, 2.45) is 0 Å². The van der Waals surface area contributed by atoms with Crippen LogP contribution in [0.15, 0.2) is 71.6 Å². The number of para-hydroxylation sites is 2. The van der Waals surface area contributed by atoms with E-state index in [0.717, 1.165) is 33.9 Å². The topological polar surface area (TPSA) is 99.1 Å². The van der Waals surface area contributed by atoms with Crippen molar-refractivity contribution in [3.63, 3.8) is 0 Å². The maximum atomic E-state index is 13.2. The van der Waals surface area contributed by atoms with Gasteiger partial charge >= 0.3 is 0 Å². The number of nitrogens with zero attached hydrogens (tertiary/aromatic N) is 2. The van der Waals surface area contributed by atoms with E-state index in [2.05, 4.69) is 5.32 Å². The third-order valence-electron chi connectivity index (χ3n) is 6.80. The normalized spacial score (nSPS) is 15.3. The average molecular weight is 590 g/mol. The number of anilines is 1. The third-order valence-corrected chi connectivity index (χ3v) is 8.02. The molecule has 41 heavy (non-hydrogen) atoms. The lowest BCUT2D eigenvalue weighted by atomic mass is 10.1. The minimum Gasteiger partial charge on any atom is -0.490 e. The van der Waals surface area contributed by atoms with E-state index in [9.17, 15) is 14.4 Å². The average Bonchev–Trinajstić information content (AvgIpc) is 3.61. The molecule has 1 aromatic heterocycles. The second-order valence-corrected chi connectivity index (χ2v) is 10.7. The van der Waals surface area contributed by atoms with Gasteiger partial charge in [0.1, 0.15) is 18.9 Å². The van der Waals surface area contributed by atoms with Crippen LogP contribution in [0.1, 0.15) is 11.3 Å². The number of aromatic nitrogens is 1. The Morgan fingerprint density at radius 2 is 1.85 bits per heavy atom. The number of carbonyl (C=O) groups excluding carboxylic acids is 3. The molecule has 3 amide bonds. The molecule has 1 fully saturated rings. The van der Waals surface area contributed by atoms with Crippen molar-refractivity contribution in [2.45, 2.75) is 13.5 Å². The second-order valence-electron chi connectivity index (χ2n) is 9.33. The molecule has 3 heterocycles. The molecule has 0 spiro atoms. The van der Waals surface area contributed by atoms with Gasteiger partial charge in [0.25, 0.3) is 11.1 Å². The van der Waals surface area contributed by atoms with Gasteiger partial charge in [-0.15, -0.1) is 0 Å². The number of fused-ring (bicyclic) bond motifs is 2. The quantitative estimate of drug-likeness (QED) is 0.248. The Hall–Kier alpha value is -4.41. The first-order valence-corrected chi connectivity index (χ1v) is 14.0. The molecule has 2 aliphatic heterocycles. The Morgan fingerprint density at radius 1 is 1.07 bits per heavy atom. The first kappa shape index (κ1) is 26.8. The summed E-state index contributed by atoms with van der Waals surface area (Å²) in [5.74, 6) is 1.09. The van der Waals surface area contributed by atoms with E-state index >= 15 is 0 Å². The van der Waals surface area contributed by atoms with E-state index in [1.807, 2.05) is 35.8 Å². The number of amides is 3. The second kappa shape index (κ2) is 11.2. The Kier molecular flexibility index (Phi) is 7.34. The van der Waals surface area contributed by atoms with Crippen LogP contribution in [0.25, 0.3) is 17.0 Å². The van der Waals surface area contributed by atoms with Gasteiger partial charge in [-0.1, -0.05) is 41.9 Å². The van der Waals surface area contributed by atoms with Crippen LogP contribution in [0.5, 0.6) is 17.2 Å². The number of nitrogens with one attached hydrogen (secondary N) is 1. The summed E-state index contributed by atoms with van der Waals surface area (Å²) >= 11 is 7.01. The zero-order valence-electron chi connectivity index (χ0n) is 21.9. The van der Waals surface area contributed by atoms with Crippen molar-refractivity contribution in [2.75, 3.05) is 25.3 Å². The molecular weight excluding hydrogens is 566 g/mol. The van der Waals surface area contributed by atoms with E-state index in [0.29, 0.717) is 32.9 Å². The Morgan fingerprint density at radius 3 is 2.71 bits per heavy atom. The largest absolute Gasteiger partial charge is 0.490 e. The summed E-state index contributed by atoms with van der Waals surface area (Å²) in [7, 11) is 0. The monoisotopic (exact) mass is 589 g/mol. The fourth-order valence-corrected chi connectivity index (χ4v) is 5.83. The summed E-state index contributed by atoms with van der Waals surface area (Å²) in [6, 6.07) is 19.9. The minimum atomic E-state index is -0.389. The fourth-order valence-electron chi connectivity index (χ4n) is 4.79. The lowest BCUT2D eigenvalue weighted by Crippen LogP contribution is -2.32. The van der Waals surface area contributed by atoms with E-state index in [1.54, 1.807) is 48.5 Å². The molecule has 0 saturated carbocycles. The van der Waals surface area contributed by atoms with Crippen LogP contribution in [0.4, 0.5) is 10.5 Å². The third kappa shape index (κ3) is 5.36. The molecule has 0 atom stereocenters. The molecule has 9 nitrogen and oxygen atoms in total. The van der Waals surface area contributed by atoms with Gasteiger partial charge in [0.05, 0.1) is 16.5 Å². The predicted octanol–water partition coefficient (Wildman–Crippen LogP) is 6.09. The van der Waals surface area contributed by atoms with Crippen molar-refractivity contribution in [3.05, 3.63) is 87.9 Å². The molecule has 1 saturated heterocycles. The maximum Gasteiger partial charge on any atom is 0.293 e. The predicted molar refractivity (Wildman–Crippen MR) is 157 cm³/mol. The summed E-state index contributed by atoms with van der Waals surface area (Å²) in [6.07, 6.45) is 1.73. The van der Waals surface area contributed by atoms with Gasteiger partial charge in [0, 0.05) is 33.9 Å². The Bertz CT molecular complexity index is 1730. The molecule has 0 unspecified atom stereocenters. The lowest BCUT2D eigenvalue weighted by Gasteiger charge is -2.13. The Balaban J connectivity index is 1.20. The molecule has 2 aliphatic rings. The Labute approximate surface area is 244 Å². The molecular formula is C30H24ClN3O6S. The zero-order chi connectivity index (χ0) is 28.5. The van der Waals surface area contributed by atoms with Crippen LogP contribution < -0.4 is 19.5 Å². The summed E-state index contributed by atoms with van der Waals surface area (Å²) in [6.45, 7) is 2.30. The van der Waals surface area contributed by atoms with Crippen LogP contribution in [-0.2, 0) is 16.1 Å². The van der Waals surface area contributed by atoms with E-state index in [1.165, 1.54) is 4.90 Å². The highest BCUT2D eigenvalue weighted by Gasteiger charge is 2.35. The molecule has 4 aromatic rings. The summed E-state index contributed by atoms with van der Waals surface area (Å²) in [5, 5.41) is 3.87. The van der Waals surface area contributed by atoms with E-state index in [-0.39, 0.29) is 43.5 Å². The highest BCUT2D eigenvalue weighted by molar-refractivity contribution is 8.18. The van der Waals surface area contributed by atoms with Gasteiger partial charge in [-0.25, -0.2) is 0 Å². The number of thioether (sulfide) groups is 1. The number of imide groups is 1. The summed E-state index contributed by atoms with van der Waals surface area (Å²) in [5.41, 5.74) is 3.00. The van der Waals surface area contributed by atoms with Crippen molar-refractivity contribution in [1.29, 1.82) is 0 Å². The molecule has 0 aliphatic carbocycles. The number of ether oxygens (including phenoxy) is 3. The van der Waals surface area contributed by atoms with Gasteiger partial charge in [0.15, 0.2) is 11.5 Å². The number of halogens is 1. The number of hydrogen-bond acceptors (Lipinski definition) is 7. The molecule has 1 N–H and O–H groups in total. The van der Waals surface area contributed by atoms with Crippen molar-refractivity contribution in [3.8, 4) is 17.2 Å². The van der Waals surface area contributed by atoms with Crippen molar-refractivity contribution < 1.29 is 28.6 Å². The van der Waals surface area contributed by atoms with Gasteiger partial charge in [0.2, 0.25) is 12.7 Å². The number of rotatable bonds is 8. The number of carbonyl (C=O) groups is 3. The van der Waals surface area contributed by atoms with Crippen molar-refractivity contribution in [1.82, 2.24) is 9.47 Å². The highest BCUT2D eigenvalue weighted by Crippen LogP contribution is 2.36. The fraction of sp³-hybridized carbons (Fsp3) is 0.167. The van der Waals surface area contributed by atoms with Crippen LogP contribution in [-0.4, -0.2) is 46.5 Å². The van der Waals surface area contributed by atoms with Crippen molar-refractivity contribution >= 4 is 63.1 Å². The standard InChI is InChI=1S/C30H24ClN3O6S/c1-18-21(15-27-29(36)33(30(37)41-27)12-13-38-24-9-5-3-7-22(24)31)20-6-2-4-8-23(20)34(18)16-28(35)32-19-10-11-25-26(14-19)40-17-39-25/h2-11,14-15H,12-13,16-17H2,1H3,(H,32,35)/b27-15-. The number of benzene rings is 3. The van der Waals surface area contributed by atoms with Gasteiger partial charge < -0.3 is 24.1 Å². The molecule has 6 rings (SSSR count). The molecule has 0 radical (unpaired) electrons. The van der Waals surface area contributed by atoms with Crippen LogP contribution >= 0.6 is 23.4 Å². The first-order valence-electron chi connectivity index (χ1n) is 12.8. The van der Waals surface area contributed by atoms with Crippen LogP contribution in [0.2, 0.25) is 5.02 Å². The van der Waals surface area contributed by atoms with Crippen LogP contribution in [0.3, 0.4) is 0 Å². The maximum absolute atomic E-state index is 13.2. The smallest absolute Gasteiger partial charge is 0.293 e. The van der Waals surface area contributed by atoms with Crippen LogP contribution in [0, 0.1) is 6.92 Å². The summed E-state index contributed by atoms with van der Waals surface area (Å²) < 4.78 is 18.3. The molecule has 11 heteroatoms. The molecule has 208 valence electrons. The summed E-state index contributed by atoms with van der Waals surface area (Å²) in [4.78, 5) is 40.4. The molecule has 3 aromatic carbocycles. The van der Waals surface area contributed by atoms with Gasteiger partial charge in [-0.05, 0) is 55.1 Å². The number of hydrogen-bond donors (Lipinski definition) is 1. The SMILES string of the molecule is Cc1c(/C=C2\SC(=O)N(CCOc3ccccc3Cl)C2=O)c2ccccc2n1CC(=O)Nc1ccc2c(c1)OCO2.